The number of anilines is 1. The third kappa shape index (κ3) is 3.11. The summed E-state index contributed by atoms with van der Waals surface area (Å²) in [5.74, 6) is 1.76. The number of nitrogens with zero attached hydrogens (tertiary/aromatic N) is 2. The first kappa shape index (κ1) is 13.4. The molecule has 3 aromatic rings. The predicted molar refractivity (Wildman–Crippen MR) is 84.7 cm³/mol. The van der Waals surface area contributed by atoms with Gasteiger partial charge in [0.25, 0.3) is 0 Å². The zero-order valence-electron chi connectivity index (χ0n) is 11.9. The average molecular weight is 279 g/mol. The zero-order chi connectivity index (χ0) is 14.5. The third-order valence-corrected chi connectivity index (χ3v) is 3.29. The Kier molecular flexibility index (Phi) is 3.96. The van der Waals surface area contributed by atoms with Crippen LogP contribution in [0.25, 0.3) is 10.9 Å². The van der Waals surface area contributed by atoms with Crippen LogP contribution in [0.1, 0.15) is 5.56 Å². The molecule has 4 nitrogen and oxygen atoms in total. The highest BCUT2D eigenvalue weighted by Crippen LogP contribution is 2.18. The van der Waals surface area contributed by atoms with E-state index in [0.717, 1.165) is 28.0 Å². The molecule has 0 aliphatic carbocycles. The van der Waals surface area contributed by atoms with Crippen molar-refractivity contribution in [1.29, 1.82) is 0 Å². The number of hydrogen-bond acceptors (Lipinski definition) is 4. The Bertz CT molecular complexity index is 737. The lowest BCUT2D eigenvalue weighted by molar-refractivity contribution is 0.330. The average Bonchev–Trinajstić information content (AvgIpc) is 2.53. The van der Waals surface area contributed by atoms with Gasteiger partial charge in [-0.15, -0.1) is 0 Å². The fourth-order valence-electron chi connectivity index (χ4n) is 2.19. The van der Waals surface area contributed by atoms with Gasteiger partial charge in [-0.2, -0.15) is 0 Å². The molecule has 0 fully saturated rings. The van der Waals surface area contributed by atoms with Gasteiger partial charge in [-0.3, -0.25) is 0 Å². The van der Waals surface area contributed by atoms with Gasteiger partial charge in [0.2, 0.25) is 0 Å². The first-order chi connectivity index (χ1) is 10.3. The maximum absolute atomic E-state index is 5.76. The topological polar surface area (TPSA) is 47.0 Å². The molecule has 0 unspecified atom stereocenters. The van der Waals surface area contributed by atoms with Gasteiger partial charge in [-0.1, -0.05) is 30.3 Å². The van der Waals surface area contributed by atoms with Crippen LogP contribution in [0.5, 0.6) is 5.75 Å². The molecule has 0 aliphatic heterocycles. The van der Waals surface area contributed by atoms with Crippen LogP contribution < -0.4 is 10.1 Å². The van der Waals surface area contributed by atoms with E-state index in [0.29, 0.717) is 13.2 Å². The number of aromatic nitrogens is 2. The number of hydrogen-bond donors (Lipinski definition) is 1. The quantitative estimate of drug-likeness (QED) is 0.727. The van der Waals surface area contributed by atoms with Crippen molar-refractivity contribution in [3.05, 3.63) is 60.4 Å². The molecule has 4 heteroatoms. The fourth-order valence-corrected chi connectivity index (χ4v) is 2.19. The molecule has 0 radical (unpaired) electrons. The van der Waals surface area contributed by atoms with Gasteiger partial charge in [0.1, 0.15) is 24.5 Å². The second-order valence-electron chi connectivity index (χ2n) is 4.78. The number of fused-ring (bicyclic) bond motifs is 1. The summed E-state index contributed by atoms with van der Waals surface area (Å²) < 4.78 is 5.76. The second kappa shape index (κ2) is 6.22. The molecule has 1 N–H and O–H groups in total. The Morgan fingerprint density at radius 2 is 1.81 bits per heavy atom. The summed E-state index contributed by atoms with van der Waals surface area (Å²) in [6, 6.07) is 16.0. The molecule has 1 heterocycles. The maximum atomic E-state index is 5.76. The number of para-hydroxylation sites is 2. The smallest absolute Gasteiger partial charge is 0.137 e. The van der Waals surface area contributed by atoms with Gasteiger partial charge in [-0.25, -0.2) is 9.97 Å². The van der Waals surface area contributed by atoms with E-state index in [4.69, 9.17) is 4.74 Å². The Balaban J connectivity index is 1.61. The van der Waals surface area contributed by atoms with Crippen LogP contribution in [0.2, 0.25) is 0 Å². The summed E-state index contributed by atoms with van der Waals surface area (Å²) in [7, 11) is 0. The van der Waals surface area contributed by atoms with Crippen molar-refractivity contribution in [2.45, 2.75) is 6.92 Å². The number of ether oxygens (including phenoxy) is 1. The molecule has 2 aromatic carbocycles. The molecule has 0 bridgehead atoms. The van der Waals surface area contributed by atoms with Gasteiger partial charge in [-0.05, 0) is 30.7 Å². The maximum Gasteiger partial charge on any atom is 0.137 e. The van der Waals surface area contributed by atoms with E-state index in [9.17, 15) is 0 Å². The molecule has 0 atom stereocenters. The molecular weight excluding hydrogens is 262 g/mol. The molecule has 106 valence electrons. The molecule has 3 rings (SSSR count). The lowest BCUT2D eigenvalue weighted by Crippen LogP contribution is -2.13. The van der Waals surface area contributed by atoms with Crippen LogP contribution in [0.15, 0.2) is 54.9 Å². The minimum Gasteiger partial charge on any atom is -0.491 e. The van der Waals surface area contributed by atoms with Crippen molar-refractivity contribution in [3.8, 4) is 5.75 Å². The number of benzene rings is 2. The first-order valence-corrected chi connectivity index (χ1v) is 6.96. The van der Waals surface area contributed by atoms with E-state index in [2.05, 4.69) is 15.3 Å². The first-order valence-electron chi connectivity index (χ1n) is 6.96. The van der Waals surface area contributed by atoms with Gasteiger partial charge < -0.3 is 10.1 Å². The summed E-state index contributed by atoms with van der Waals surface area (Å²) in [6.07, 6.45) is 1.58. The Hall–Kier alpha value is -2.62. The zero-order valence-corrected chi connectivity index (χ0v) is 11.9. The largest absolute Gasteiger partial charge is 0.491 e. The second-order valence-corrected chi connectivity index (χ2v) is 4.78. The van der Waals surface area contributed by atoms with E-state index in [1.807, 2.05) is 55.5 Å². The molecule has 21 heavy (non-hydrogen) atoms. The van der Waals surface area contributed by atoms with Crippen molar-refractivity contribution >= 4 is 16.7 Å². The van der Waals surface area contributed by atoms with Gasteiger partial charge >= 0.3 is 0 Å². The molecular formula is C17H17N3O. The van der Waals surface area contributed by atoms with Crippen molar-refractivity contribution in [2.24, 2.45) is 0 Å². The van der Waals surface area contributed by atoms with Gasteiger partial charge in [0.15, 0.2) is 0 Å². The fraction of sp³-hybridized carbons (Fsp3) is 0.176. The van der Waals surface area contributed by atoms with E-state index in [1.54, 1.807) is 6.33 Å². The molecule has 0 saturated carbocycles. The van der Waals surface area contributed by atoms with Gasteiger partial charge in [0, 0.05) is 5.39 Å². The van der Waals surface area contributed by atoms with Crippen molar-refractivity contribution in [3.63, 3.8) is 0 Å². The minimum absolute atomic E-state index is 0.586. The summed E-state index contributed by atoms with van der Waals surface area (Å²) in [4.78, 5) is 8.54. The summed E-state index contributed by atoms with van der Waals surface area (Å²) >= 11 is 0. The Morgan fingerprint density at radius 1 is 1.00 bits per heavy atom. The van der Waals surface area contributed by atoms with E-state index >= 15 is 0 Å². The van der Waals surface area contributed by atoms with E-state index in [1.165, 1.54) is 0 Å². The summed E-state index contributed by atoms with van der Waals surface area (Å²) in [5, 5.41) is 4.33. The Labute approximate surface area is 123 Å². The number of aryl methyl sites for hydroxylation is 1. The van der Waals surface area contributed by atoms with Crippen LogP contribution in [0, 0.1) is 6.92 Å². The highest BCUT2D eigenvalue weighted by Gasteiger charge is 2.02. The molecule has 0 amide bonds. The molecule has 1 aromatic heterocycles. The normalized spacial score (nSPS) is 10.5. The standard InChI is InChI=1S/C17H17N3O/c1-13-6-2-5-9-16(13)21-11-10-18-17-14-7-3-4-8-15(14)19-12-20-17/h2-9,12H,10-11H2,1H3,(H,18,19,20). The monoisotopic (exact) mass is 279 g/mol. The van der Waals surface area contributed by atoms with E-state index < -0.39 is 0 Å². The summed E-state index contributed by atoms with van der Waals surface area (Å²) in [6.45, 7) is 3.32. The van der Waals surface area contributed by atoms with Crippen LogP contribution in [-0.4, -0.2) is 23.1 Å². The lowest BCUT2D eigenvalue weighted by atomic mass is 10.2. The predicted octanol–water partition coefficient (Wildman–Crippen LogP) is 3.43. The van der Waals surface area contributed by atoms with Crippen molar-refractivity contribution in [1.82, 2.24) is 9.97 Å². The molecule has 0 saturated heterocycles. The molecule has 0 aliphatic rings. The SMILES string of the molecule is Cc1ccccc1OCCNc1ncnc2ccccc12. The Morgan fingerprint density at radius 3 is 2.71 bits per heavy atom. The highest BCUT2D eigenvalue weighted by atomic mass is 16.5. The van der Waals surface area contributed by atoms with Crippen molar-refractivity contribution < 1.29 is 4.74 Å². The summed E-state index contributed by atoms with van der Waals surface area (Å²) in [5.41, 5.74) is 2.08. The van der Waals surface area contributed by atoms with Crippen LogP contribution in [0.4, 0.5) is 5.82 Å². The molecule has 0 spiro atoms. The number of rotatable bonds is 5. The lowest BCUT2D eigenvalue weighted by Gasteiger charge is -2.11. The van der Waals surface area contributed by atoms with Crippen LogP contribution in [-0.2, 0) is 0 Å². The van der Waals surface area contributed by atoms with Crippen molar-refractivity contribution in [2.75, 3.05) is 18.5 Å². The van der Waals surface area contributed by atoms with Gasteiger partial charge in [0.05, 0.1) is 12.1 Å². The van der Waals surface area contributed by atoms with Crippen LogP contribution in [0.3, 0.4) is 0 Å². The van der Waals surface area contributed by atoms with E-state index in [-0.39, 0.29) is 0 Å². The number of nitrogens with one attached hydrogen (secondary N) is 1. The van der Waals surface area contributed by atoms with Crippen LogP contribution >= 0.6 is 0 Å². The highest BCUT2D eigenvalue weighted by molar-refractivity contribution is 5.88. The minimum atomic E-state index is 0.586. The third-order valence-electron chi connectivity index (χ3n) is 3.29.